The van der Waals surface area contributed by atoms with E-state index in [1.807, 2.05) is 38.1 Å². The van der Waals surface area contributed by atoms with Crippen molar-refractivity contribution < 1.29 is 13.9 Å². The molecule has 0 aliphatic heterocycles. The predicted octanol–water partition coefficient (Wildman–Crippen LogP) is 2.44. The van der Waals surface area contributed by atoms with E-state index in [1.165, 1.54) is 6.33 Å². The van der Waals surface area contributed by atoms with Crippen LogP contribution in [-0.2, 0) is 0 Å². The second-order valence-corrected chi connectivity index (χ2v) is 4.79. The molecule has 0 aliphatic rings. The number of H-pyrrole nitrogens is 1. The van der Waals surface area contributed by atoms with Crippen LogP contribution in [0, 0.1) is 0 Å². The van der Waals surface area contributed by atoms with Gasteiger partial charge in [0.1, 0.15) is 12.1 Å². The lowest BCUT2D eigenvalue weighted by Gasteiger charge is -2.09. The predicted molar refractivity (Wildman–Crippen MR) is 79.6 cm³/mol. The van der Waals surface area contributed by atoms with Gasteiger partial charge in [0.2, 0.25) is 5.82 Å². The van der Waals surface area contributed by atoms with E-state index >= 15 is 0 Å². The first-order valence-corrected chi connectivity index (χ1v) is 7.00. The number of nitrogens with one attached hydrogen (secondary N) is 2. The highest BCUT2D eigenvalue weighted by Gasteiger charge is 2.18. The van der Waals surface area contributed by atoms with Gasteiger partial charge >= 0.3 is 0 Å². The van der Waals surface area contributed by atoms with E-state index in [1.54, 1.807) is 0 Å². The van der Waals surface area contributed by atoms with Gasteiger partial charge in [-0.05, 0) is 26.0 Å². The van der Waals surface area contributed by atoms with Crippen LogP contribution in [0.4, 0.5) is 0 Å². The molecule has 3 aromatic rings. The zero-order chi connectivity index (χ0) is 15.5. The van der Waals surface area contributed by atoms with Crippen molar-refractivity contribution in [2.45, 2.75) is 19.9 Å². The van der Waals surface area contributed by atoms with Crippen LogP contribution < -0.4 is 10.1 Å². The third-order valence-electron chi connectivity index (χ3n) is 3.23. The van der Waals surface area contributed by atoms with Crippen molar-refractivity contribution in [2.75, 3.05) is 6.61 Å². The van der Waals surface area contributed by atoms with Crippen LogP contribution in [0.5, 0.6) is 5.75 Å². The Kier molecular flexibility index (Phi) is 3.78. The molecule has 0 unspecified atom stereocenters. The molecule has 0 saturated carbocycles. The van der Waals surface area contributed by atoms with Gasteiger partial charge in [0, 0.05) is 5.39 Å². The summed E-state index contributed by atoms with van der Waals surface area (Å²) < 4.78 is 11.4. The van der Waals surface area contributed by atoms with E-state index in [2.05, 4.69) is 20.5 Å². The van der Waals surface area contributed by atoms with Gasteiger partial charge in [0.05, 0.1) is 12.6 Å². The lowest BCUT2D eigenvalue weighted by molar-refractivity contribution is 0.0925. The molecule has 0 aliphatic carbocycles. The Labute approximate surface area is 126 Å². The van der Waals surface area contributed by atoms with Crippen LogP contribution >= 0.6 is 0 Å². The van der Waals surface area contributed by atoms with Crippen molar-refractivity contribution in [1.82, 2.24) is 20.5 Å². The number of hydrogen-bond acceptors (Lipinski definition) is 5. The van der Waals surface area contributed by atoms with Gasteiger partial charge < -0.3 is 14.5 Å². The number of aromatic amines is 1. The molecule has 1 atom stereocenters. The summed E-state index contributed by atoms with van der Waals surface area (Å²) in [6.07, 6.45) is 1.29. The molecular weight excluding hydrogens is 284 g/mol. The summed E-state index contributed by atoms with van der Waals surface area (Å²) in [6, 6.07) is 7.29. The second-order valence-electron chi connectivity index (χ2n) is 4.79. The Balaban J connectivity index is 1.83. The molecule has 0 fully saturated rings. The fourth-order valence-corrected chi connectivity index (χ4v) is 2.19. The molecule has 22 heavy (non-hydrogen) atoms. The second kappa shape index (κ2) is 5.88. The number of aromatic nitrogens is 3. The molecule has 114 valence electrons. The number of rotatable bonds is 5. The van der Waals surface area contributed by atoms with Crippen molar-refractivity contribution in [3.05, 3.63) is 42.2 Å². The molecule has 0 spiro atoms. The Morgan fingerprint density at radius 2 is 2.36 bits per heavy atom. The SMILES string of the molecule is CCOc1cccc2cc([C@H](C)NC(=O)c3ncn[nH]3)oc12. The maximum atomic E-state index is 12.0. The lowest BCUT2D eigenvalue weighted by atomic mass is 10.2. The molecule has 2 aromatic heterocycles. The third-order valence-corrected chi connectivity index (χ3v) is 3.23. The Hall–Kier alpha value is -2.83. The van der Waals surface area contributed by atoms with Crippen molar-refractivity contribution in [2.24, 2.45) is 0 Å². The summed E-state index contributed by atoms with van der Waals surface area (Å²) in [7, 11) is 0. The first-order valence-electron chi connectivity index (χ1n) is 7.00. The lowest BCUT2D eigenvalue weighted by Crippen LogP contribution is -2.27. The number of carbonyl (C=O) groups excluding carboxylic acids is 1. The number of hydrogen-bond donors (Lipinski definition) is 2. The van der Waals surface area contributed by atoms with E-state index in [0.29, 0.717) is 23.7 Å². The van der Waals surface area contributed by atoms with E-state index in [9.17, 15) is 4.79 Å². The molecule has 2 heterocycles. The molecular formula is C15H16N4O3. The molecule has 0 radical (unpaired) electrons. The van der Waals surface area contributed by atoms with E-state index < -0.39 is 0 Å². The van der Waals surface area contributed by atoms with E-state index in [4.69, 9.17) is 9.15 Å². The molecule has 1 aromatic carbocycles. The first-order chi connectivity index (χ1) is 10.7. The molecule has 7 heteroatoms. The van der Waals surface area contributed by atoms with Crippen LogP contribution in [0.15, 0.2) is 35.0 Å². The fourth-order valence-electron chi connectivity index (χ4n) is 2.19. The smallest absolute Gasteiger partial charge is 0.289 e. The average molecular weight is 300 g/mol. The number of furan rings is 1. The van der Waals surface area contributed by atoms with Gasteiger partial charge in [-0.1, -0.05) is 12.1 Å². The van der Waals surface area contributed by atoms with Crippen molar-refractivity contribution in [1.29, 1.82) is 0 Å². The summed E-state index contributed by atoms with van der Waals surface area (Å²) in [6.45, 7) is 4.32. The largest absolute Gasteiger partial charge is 0.490 e. The maximum absolute atomic E-state index is 12.0. The zero-order valence-corrected chi connectivity index (χ0v) is 12.3. The Bertz CT molecular complexity index is 779. The highest BCUT2D eigenvalue weighted by molar-refractivity contribution is 5.90. The van der Waals surface area contributed by atoms with Crippen LogP contribution in [0.2, 0.25) is 0 Å². The van der Waals surface area contributed by atoms with Crippen molar-refractivity contribution in [3.63, 3.8) is 0 Å². The van der Waals surface area contributed by atoms with Gasteiger partial charge in [-0.25, -0.2) is 4.98 Å². The molecule has 3 rings (SSSR count). The third kappa shape index (κ3) is 2.65. The standard InChI is InChI=1S/C15H16N4O3/c1-3-21-11-6-4-5-10-7-12(22-13(10)11)9(2)18-15(20)14-16-8-17-19-14/h4-9H,3H2,1-2H3,(H,18,20)(H,16,17,19)/t9-/m0/s1. The minimum Gasteiger partial charge on any atom is -0.490 e. The number of fused-ring (bicyclic) bond motifs is 1. The van der Waals surface area contributed by atoms with Gasteiger partial charge in [-0.15, -0.1) is 0 Å². The van der Waals surface area contributed by atoms with Crippen LogP contribution in [0.1, 0.15) is 36.3 Å². The normalized spacial score (nSPS) is 12.3. The van der Waals surface area contributed by atoms with Gasteiger partial charge in [0.15, 0.2) is 11.3 Å². The molecule has 2 N–H and O–H groups in total. The van der Waals surface area contributed by atoms with E-state index in [-0.39, 0.29) is 17.8 Å². The maximum Gasteiger partial charge on any atom is 0.289 e. The van der Waals surface area contributed by atoms with Crippen LogP contribution in [0.3, 0.4) is 0 Å². The molecule has 0 bridgehead atoms. The monoisotopic (exact) mass is 300 g/mol. The topological polar surface area (TPSA) is 93.0 Å². The van der Waals surface area contributed by atoms with Crippen molar-refractivity contribution in [3.8, 4) is 5.75 Å². The minimum absolute atomic E-state index is 0.165. The number of benzene rings is 1. The molecule has 0 saturated heterocycles. The number of para-hydroxylation sites is 1. The Morgan fingerprint density at radius 3 is 3.09 bits per heavy atom. The fraction of sp³-hybridized carbons (Fsp3) is 0.267. The average Bonchev–Trinajstić information content (AvgIpc) is 3.17. The van der Waals surface area contributed by atoms with Gasteiger partial charge in [-0.3, -0.25) is 9.89 Å². The quantitative estimate of drug-likeness (QED) is 0.755. The van der Waals surface area contributed by atoms with Crippen molar-refractivity contribution >= 4 is 16.9 Å². The summed E-state index contributed by atoms with van der Waals surface area (Å²) >= 11 is 0. The number of ether oxygens (including phenoxy) is 1. The van der Waals surface area contributed by atoms with E-state index in [0.717, 1.165) is 5.39 Å². The first kappa shape index (κ1) is 14.1. The molecule has 7 nitrogen and oxygen atoms in total. The van der Waals surface area contributed by atoms with Crippen LogP contribution in [-0.4, -0.2) is 27.7 Å². The summed E-state index contributed by atoms with van der Waals surface area (Å²) in [5.74, 6) is 1.17. The van der Waals surface area contributed by atoms with Gasteiger partial charge in [-0.2, -0.15) is 5.10 Å². The summed E-state index contributed by atoms with van der Waals surface area (Å²) in [4.78, 5) is 15.8. The number of amides is 1. The minimum atomic E-state index is -0.338. The summed E-state index contributed by atoms with van der Waals surface area (Å²) in [5, 5.41) is 9.91. The number of nitrogens with zero attached hydrogens (tertiary/aromatic N) is 2. The van der Waals surface area contributed by atoms with Crippen LogP contribution in [0.25, 0.3) is 11.0 Å². The highest BCUT2D eigenvalue weighted by atomic mass is 16.5. The highest BCUT2D eigenvalue weighted by Crippen LogP contribution is 2.31. The zero-order valence-electron chi connectivity index (χ0n) is 12.3. The number of carbonyl (C=O) groups is 1. The summed E-state index contributed by atoms with van der Waals surface area (Å²) in [5.41, 5.74) is 0.681. The van der Waals surface area contributed by atoms with Gasteiger partial charge in [0.25, 0.3) is 5.91 Å². The molecule has 1 amide bonds. The Morgan fingerprint density at radius 1 is 1.50 bits per heavy atom.